The summed E-state index contributed by atoms with van der Waals surface area (Å²) >= 11 is 6.79. The number of benzene rings is 2. The van der Waals surface area contributed by atoms with Crippen LogP contribution in [0.1, 0.15) is 31.4 Å². The molecule has 1 aliphatic rings. The Hall–Kier alpha value is -2.90. The number of aromatic nitrogens is 2. The number of carbonyl (C=O) groups excluding carboxylic acids is 1. The van der Waals surface area contributed by atoms with E-state index in [9.17, 15) is 4.79 Å². The van der Waals surface area contributed by atoms with Gasteiger partial charge in [-0.15, -0.1) is 0 Å². The first kappa shape index (κ1) is 22.3. The van der Waals surface area contributed by atoms with Crippen molar-refractivity contribution < 1.29 is 9.53 Å². The van der Waals surface area contributed by atoms with E-state index in [0.717, 1.165) is 40.2 Å². The molecular formula is C25H25N3O2S2. The maximum atomic E-state index is 12.9. The van der Waals surface area contributed by atoms with E-state index >= 15 is 0 Å². The number of amides is 1. The summed E-state index contributed by atoms with van der Waals surface area (Å²) in [6.45, 7) is 7.31. The molecule has 32 heavy (non-hydrogen) atoms. The van der Waals surface area contributed by atoms with Crippen LogP contribution < -0.4 is 4.74 Å². The summed E-state index contributed by atoms with van der Waals surface area (Å²) in [5.41, 5.74) is 4.70. The van der Waals surface area contributed by atoms with Crippen molar-refractivity contribution in [3.05, 3.63) is 70.8 Å². The van der Waals surface area contributed by atoms with Gasteiger partial charge in [0.25, 0.3) is 5.91 Å². The molecule has 0 radical (unpaired) electrons. The van der Waals surface area contributed by atoms with Gasteiger partial charge < -0.3 is 4.74 Å². The van der Waals surface area contributed by atoms with Crippen LogP contribution in [0.4, 0.5) is 0 Å². The summed E-state index contributed by atoms with van der Waals surface area (Å²) < 4.78 is 8.10. The highest BCUT2D eigenvalue weighted by Gasteiger charge is 2.31. The molecule has 7 heteroatoms. The highest BCUT2D eigenvalue weighted by Crippen LogP contribution is 2.36. The second-order valence-corrected chi connectivity index (χ2v) is 9.13. The first-order chi connectivity index (χ1) is 15.5. The quantitative estimate of drug-likeness (QED) is 0.325. The summed E-state index contributed by atoms with van der Waals surface area (Å²) in [6.07, 6.45) is 4.74. The smallest absolute Gasteiger partial charge is 0.266 e. The SMILES string of the molecule is CCCN1C(=O)C(=Cc2cn(-c3ccccc3)nc2-c2ccc(OCC)cc2C)SC1=S. The third-order valence-corrected chi connectivity index (χ3v) is 6.51. The van der Waals surface area contributed by atoms with Crippen LogP contribution in [0.3, 0.4) is 0 Å². The lowest BCUT2D eigenvalue weighted by Gasteiger charge is -2.12. The van der Waals surface area contributed by atoms with E-state index in [2.05, 4.69) is 0 Å². The van der Waals surface area contributed by atoms with Crippen molar-refractivity contribution in [3.8, 4) is 22.7 Å². The number of nitrogens with zero attached hydrogens (tertiary/aromatic N) is 3. The van der Waals surface area contributed by atoms with Crippen LogP contribution in [0.5, 0.6) is 5.75 Å². The van der Waals surface area contributed by atoms with E-state index in [1.165, 1.54) is 11.8 Å². The van der Waals surface area contributed by atoms with E-state index < -0.39 is 0 Å². The molecule has 0 N–H and O–H groups in total. The number of ether oxygens (including phenoxy) is 1. The zero-order valence-electron chi connectivity index (χ0n) is 18.4. The van der Waals surface area contributed by atoms with Gasteiger partial charge in [-0.1, -0.05) is 49.1 Å². The highest BCUT2D eigenvalue weighted by molar-refractivity contribution is 8.26. The monoisotopic (exact) mass is 463 g/mol. The number of para-hydroxylation sites is 1. The third kappa shape index (κ3) is 4.49. The van der Waals surface area contributed by atoms with Gasteiger partial charge in [0.05, 0.1) is 17.2 Å². The van der Waals surface area contributed by atoms with Gasteiger partial charge in [0.15, 0.2) is 0 Å². The summed E-state index contributed by atoms with van der Waals surface area (Å²) in [5.74, 6) is 0.793. The molecule has 5 nitrogen and oxygen atoms in total. The Morgan fingerprint density at radius 1 is 1.16 bits per heavy atom. The lowest BCUT2D eigenvalue weighted by Crippen LogP contribution is -2.28. The van der Waals surface area contributed by atoms with Gasteiger partial charge in [0, 0.05) is 23.9 Å². The molecule has 0 unspecified atom stereocenters. The van der Waals surface area contributed by atoms with Crippen molar-refractivity contribution in [2.45, 2.75) is 27.2 Å². The number of rotatable bonds is 7. The maximum absolute atomic E-state index is 12.9. The van der Waals surface area contributed by atoms with Crippen LogP contribution in [0, 0.1) is 6.92 Å². The second-order valence-electron chi connectivity index (χ2n) is 7.46. The fourth-order valence-electron chi connectivity index (χ4n) is 3.63. The zero-order valence-corrected chi connectivity index (χ0v) is 20.0. The van der Waals surface area contributed by atoms with Crippen LogP contribution in [-0.2, 0) is 4.79 Å². The fourth-order valence-corrected chi connectivity index (χ4v) is 4.93. The van der Waals surface area contributed by atoms with Crippen molar-refractivity contribution >= 4 is 40.3 Å². The third-order valence-electron chi connectivity index (χ3n) is 5.13. The van der Waals surface area contributed by atoms with Crippen LogP contribution in [0.15, 0.2) is 59.6 Å². The Morgan fingerprint density at radius 2 is 1.94 bits per heavy atom. The van der Waals surface area contributed by atoms with Gasteiger partial charge in [-0.2, -0.15) is 5.10 Å². The van der Waals surface area contributed by atoms with Gasteiger partial charge in [-0.25, -0.2) is 4.68 Å². The number of aryl methyl sites for hydroxylation is 1. The molecule has 0 atom stereocenters. The lowest BCUT2D eigenvalue weighted by atomic mass is 10.0. The Kier molecular flexibility index (Phi) is 6.77. The van der Waals surface area contributed by atoms with Gasteiger partial charge in [-0.05, 0) is 62.2 Å². The van der Waals surface area contributed by atoms with Crippen molar-refractivity contribution in [1.29, 1.82) is 0 Å². The molecular weight excluding hydrogens is 438 g/mol. The Morgan fingerprint density at radius 3 is 2.62 bits per heavy atom. The fraction of sp³-hybridized carbons (Fsp3) is 0.240. The molecule has 0 spiro atoms. The van der Waals surface area contributed by atoms with Crippen molar-refractivity contribution in [3.63, 3.8) is 0 Å². The van der Waals surface area contributed by atoms with Crippen LogP contribution in [0.2, 0.25) is 0 Å². The summed E-state index contributed by atoms with van der Waals surface area (Å²) in [6, 6.07) is 16.0. The Labute approximate surface area is 198 Å². The largest absolute Gasteiger partial charge is 0.494 e. The van der Waals surface area contributed by atoms with Crippen LogP contribution in [0.25, 0.3) is 23.0 Å². The van der Waals surface area contributed by atoms with Gasteiger partial charge in [0.1, 0.15) is 15.8 Å². The highest BCUT2D eigenvalue weighted by atomic mass is 32.2. The van der Waals surface area contributed by atoms with Crippen LogP contribution >= 0.6 is 24.0 Å². The molecule has 1 fully saturated rings. The summed E-state index contributed by atoms with van der Waals surface area (Å²) in [7, 11) is 0. The van der Waals surface area contributed by atoms with E-state index in [1.807, 2.05) is 86.3 Å². The van der Waals surface area contributed by atoms with Crippen LogP contribution in [-0.4, -0.2) is 38.1 Å². The predicted molar refractivity (Wildman–Crippen MR) is 135 cm³/mol. The molecule has 3 aromatic rings. The normalized spacial score (nSPS) is 15.1. The van der Waals surface area contributed by atoms with Gasteiger partial charge >= 0.3 is 0 Å². The van der Waals surface area contributed by atoms with Gasteiger partial charge in [-0.3, -0.25) is 9.69 Å². The zero-order chi connectivity index (χ0) is 22.7. The van der Waals surface area contributed by atoms with E-state index in [-0.39, 0.29) is 5.91 Å². The molecule has 0 saturated carbocycles. The second kappa shape index (κ2) is 9.71. The summed E-state index contributed by atoms with van der Waals surface area (Å²) in [4.78, 5) is 15.2. The van der Waals surface area contributed by atoms with E-state index in [1.54, 1.807) is 4.90 Å². The molecule has 1 amide bonds. The molecule has 0 bridgehead atoms. The number of hydrogen-bond donors (Lipinski definition) is 0. The number of carbonyl (C=O) groups is 1. The minimum atomic E-state index is -0.0383. The first-order valence-electron chi connectivity index (χ1n) is 10.7. The predicted octanol–water partition coefficient (Wildman–Crippen LogP) is 5.86. The van der Waals surface area contributed by atoms with E-state index in [0.29, 0.717) is 22.4 Å². The Balaban J connectivity index is 1.81. The van der Waals surface area contributed by atoms with Crippen molar-refractivity contribution in [2.24, 2.45) is 0 Å². The number of thioether (sulfide) groups is 1. The minimum absolute atomic E-state index is 0.0383. The minimum Gasteiger partial charge on any atom is -0.494 e. The van der Waals surface area contributed by atoms with E-state index in [4.69, 9.17) is 22.1 Å². The molecule has 1 aliphatic heterocycles. The lowest BCUT2D eigenvalue weighted by molar-refractivity contribution is -0.122. The average molecular weight is 464 g/mol. The number of hydrogen-bond acceptors (Lipinski definition) is 5. The molecule has 1 aromatic heterocycles. The van der Waals surface area contributed by atoms with Crippen molar-refractivity contribution in [2.75, 3.05) is 13.2 Å². The Bertz CT molecular complexity index is 1190. The van der Waals surface area contributed by atoms with Gasteiger partial charge in [0.2, 0.25) is 0 Å². The molecule has 164 valence electrons. The topological polar surface area (TPSA) is 47.4 Å². The molecule has 2 aromatic carbocycles. The molecule has 0 aliphatic carbocycles. The molecule has 2 heterocycles. The first-order valence-corrected chi connectivity index (χ1v) is 11.9. The van der Waals surface area contributed by atoms with Crippen molar-refractivity contribution in [1.82, 2.24) is 14.7 Å². The molecule has 1 saturated heterocycles. The number of thiocarbonyl (C=S) groups is 1. The maximum Gasteiger partial charge on any atom is 0.266 e. The summed E-state index contributed by atoms with van der Waals surface area (Å²) in [5, 5.41) is 4.89. The molecule has 4 rings (SSSR count). The standard InChI is InChI=1S/C25H25N3O2S2/c1-4-13-27-24(29)22(32-25(27)31)15-18-16-28(19-9-7-6-8-10-19)26-23(18)21-12-11-20(30-5-2)14-17(21)3/h6-12,14-16H,4-5,13H2,1-3H3. The average Bonchev–Trinajstić information content (AvgIpc) is 3.31.